The fourth-order valence-corrected chi connectivity index (χ4v) is 5.80. The largest absolute Gasteiger partial charge is 0.0622 e. The van der Waals surface area contributed by atoms with Crippen molar-refractivity contribution >= 4 is 18.5 Å². The van der Waals surface area contributed by atoms with Gasteiger partial charge in [-0.05, 0) is 55.3 Å². The molecule has 2 aromatic rings. The maximum atomic E-state index is 2.37. The van der Waals surface area contributed by atoms with Gasteiger partial charge in [-0.3, -0.25) is 0 Å². The van der Waals surface area contributed by atoms with Crippen molar-refractivity contribution in [2.75, 3.05) is 0 Å². The molecule has 3 rings (SSSR count). The van der Waals surface area contributed by atoms with E-state index in [-0.39, 0.29) is 5.16 Å². The van der Waals surface area contributed by atoms with Crippen LogP contribution in [0.5, 0.6) is 0 Å². The molecule has 1 aliphatic carbocycles. The van der Waals surface area contributed by atoms with E-state index in [9.17, 15) is 0 Å². The molecule has 2 aromatic carbocycles. The lowest BCUT2D eigenvalue weighted by molar-refractivity contribution is 0.762. The molecular weight excluding hydrogens is 271 g/mol. The van der Waals surface area contributed by atoms with Gasteiger partial charge < -0.3 is 0 Å². The van der Waals surface area contributed by atoms with E-state index in [1.807, 2.05) is 0 Å². The zero-order chi connectivity index (χ0) is 14.7. The third kappa shape index (κ3) is 3.06. The summed E-state index contributed by atoms with van der Waals surface area (Å²) in [5.74, 6) is 1.42. The molecule has 1 aliphatic rings. The monoisotopic (exact) mass is 291 g/mol. The average molecular weight is 291 g/mol. The molecule has 0 aliphatic heterocycles. The van der Waals surface area contributed by atoms with Gasteiger partial charge in [-0.1, -0.05) is 74.5 Å². The second kappa shape index (κ2) is 6.32. The van der Waals surface area contributed by atoms with Crippen molar-refractivity contribution in [1.82, 2.24) is 0 Å². The molecule has 0 nitrogen and oxygen atoms in total. The molecule has 0 unspecified atom stereocenters. The molecule has 0 atom stereocenters. The topological polar surface area (TPSA) is 0 Å². The van der Waals surface area contributed by atoms with Crippen LogP contribution in [0.4, 0.5) is 0 Å². The van der Waals surface area contributed by atoms with Gasteiger partial charge in [0.2, 0.25) is 0 Å². The van der Waals surface area contributed by atoms with E-state index in [1.54, 1.807) is 0 Å². The van der Waals surface area contributed by atoms with E-state index in [0.717, 1.165) is 0 Å². The Morgan fingerprint density at radius 1 is 0.667 bits per heavy atom. The van der Waals surface area contributed by atoms with Gasteiger partial charge >= 0.3 is 0 Å². The molecule has 0 spiro atoms. The standard InChI is InChI=1S/C20H20P/c1-20(2,17-11-9-10-12-17)21(18-13-5-3-6-14-18)19-15-7-4-8-16-19/h3-16H,1-2H3. The van der Waals surface area contributed by atoms with E-state index in [1.165, 1.54) is 16.5 Å². The summed E-state index contributed by atoms with van der Waals surface area (Å²) >= 11 is 0. The summed E-state index contributed by atoms with van der Waals surface area (Å²) in [6.07, 6.45) is 8.78. The molecule has 0 aromatic heterocycles. The van der Waals surface area contributed by atoms with Crippen LogP contribution in [0, 0.1) is 31.6 Å². The second-order valence-electron chi connectivity index (χ2n) is 5.74. The lowest BCUT2D eigenvalue weighted by Gasteiger charge is -2.40. The van der Waals surface area contributed by atoms with Gasteiger partial charge in [-0.2, -0.15) is 0 Å². The van der Waals surface area contributed by atoms with Crippen molar-refractivity contribution in [3.05, 3.63) is 92.3 Å². The van der Waals surface area contributed by atoms with E-state index in [4.69, 9.17) is 0 Å². The molecule has 0 N–H and O–H groups in total. The Hall–Kier alpha value is -1.13. The van der Waals surface area contributed by atoms with Crippen LogP contribution < -0.4 is 10.6 Å². The van der Waals surface area contributed by atoms with Gasteiger partial charge in [0.05, 0.1) is 0 Å². The minimum absolute atomic E-state index is 0.113. The highest BCUT2D eigenvalue weighted by Crippen LogP contribution is 2.55. The summed E-state index contributed by atoms with van der Waals surface area (Å²) < 4.78 is 0. The van der Waals surface area contributed by atoms with Crippen LogP contribution in [0.15, 0.2) is 60.7 Å². The quantitative estimate of drug-likeness (QED) is 0.737. The molecule has 1 heteroatoms. The molecule has 105 valence electrons. The first kappa shape index (κ1) is 14.8. The van der Waals surface area contributed by atoms with Crippen molar-refractivity contribution in [3.63, 3.8) is 0 Å². The van der Waals surface area contributed by atoms with E-state index >= 15 is 0 Å². The van der Waals surface area contributed by atoms with Gasteiger partial charge in [0.25, 0.3) is 0 Å². The first-order valence-corrected chi connectivity index (χ1v) is 8.66. The Balaban J connectivity index is 2.04. The normalized spacial score (nSPS) is 16.5. The van der Waals surface area contributed by atoms with Gasteiger partial charge in [0.15, 0.2) is 0 Å². The van der Waals surface area contributed by atoms with E-state index < -0.39 is 7.92 Å². The molecule has 0 saturated heterocycles. The highest BCUT2D eigenvalue weighted by molar-refractivity contribution is 7.74. The van der Waals surface area contributed by atoms with Crippen LogP contribution in [0.25, 0.3) is 0 Å². The number of benzene rings is 2. The summed E-state index contributed by atoms with van der Waals surface area (Å²) in [5, 5.41) is 2.98. The summed E-state index contributed by atoms with van der Waals surface area (Å²) in [4.78, 5) is 0. The molecule has 1 saturated carbocycles. The highest BCUT2D eigenvalue weighted by Gasteiger charge is 2.40. The van der Waals surface area contributed by atoms with E-state index in [0.29, 0.717) is 0 Å². The van der Waals surface area contributed by atoms with Crippen LogP contribution in [0.3, 0.4) is 0 Å². The predicted molar refractivity (Wildman–Crippen MR) is 93.6 cm³/mol. The van der Waals surface area contributed by atoms with Gasteiger partial charge in [0.1, 0.15) is 0 Å². The van der Waals surface area contributed by atoms with Crippen LogP contribution in [-0.2, 0) is 0 Å². The van der Waals surface area contributed by atoms with Crippen LogP contribution in [0.2, 0.25) is 0 Å². The molecule has 5 radical (unpaired) electrons. The zero-order valence-electron chi connectivity index (χ0n) is 12.5. The molecular formula is C20H20P. The first-order chi connectivity index (χ1) is 10.2. The molecule has 0 amide bonds. The summed E-state index contributed by atoms with van der Waals surface area (Å²) in [7, 11) is -0.445. The van der Waals surface area contributed by atoms with Crippen LogP contribution >= 0.6 is 7.92 Å². The van der Waals surface area contributed by atoms with Crippen molar-refractivity contribution < 1.29 is 0 Å². The minimum Gasteiger partial charge on any atom is -0.0622 e. The van der Waals surface area contributed by atoms with Gasteiger partial charge in [0, 0.05) is 0 Å². The summed E-state index contributed by atoms with van der Waals surface area (Å²) in [5.41, 5.74) is 0. The van der Waals surface area contributed by atoms with Gasteiger partial charge in [-0.15, -0.1) is 0 Å². The zero-order valence-corrected chi connectivity index (χ0v) is 13.4. The van der Waals surface area contributed by atoms with Gasteiger partial charge in [-0.25, -0.2) is 0 Å². The fourth-order valence-electron chi connectivity index (χ4n) is 2.86. The molecule has 1 fully saturated rings. The Labute approximate surface area is 130 Å². The van der Waals surface area contributed by atoms with Crippen molar-refractivity contribution in [2.24, 2.45) is 0 Å². The molecule has 0 heterocycles. The highest BCUT2D eigenvalue weighted by atomic mass is 31.1. The summed E-state index contributed by atoms with van der Waals surface area (Å²) in [6, 6.07) is 21.8. The van der Waals surface area contributed by atoms with Crippen molar-refractivity contribution in [3.8, 4) is 0 Å². The molecule has 21 heavy (non-hydrogen) atoms. The Bertz CT molecular complexity index is 513. The fraction of sp³-hybridized carbons (Fsp3) is 0.150. The Morgan fingerprint density at radius 3 is 1.52 bits per heavy atom. The maximum absolute atomic E-state index is 2.37. The number of hydrogen-bond donors (Lipinski definition) is 0. The number of hydrogen-bond acceptors (Lipinski definition) is 0. The van der Waals surface area contributed by atoms with Crippen LogP contribution in [-0.4, -0.2) is 5.16 Å². The summed E-state index contributed by atoms with van der Waals surface area (Å²) in [6.45, 7) is 4.74. The Kier molecular flexibility index (Phi) is 4.45. The molecule has 0 bridgehead atoms. The smallest absolute Gasteiger partial charge is 0.000293 e. The minimum atomic E-state index is -0.445. The lowest BCUT2D eigenvalue weighted by Crippen LogP contribution is -2.34. The maximum Gasteiger partial charge on any atom is -0.000293 e. The number of rotatable bonds is 4. The van der Waals surface area contributed by atoms with Crippen molar-refractivity contribution in [2.45, 2.75) is 19.0 Å². The third-order valence-corrected chi connectivity index (χ3v) is 6.96. The van der Waals surface area contributed by atoms with E-state index in [2.05, 4.69) is 100 Å². The average Bonchev–Trinajstić information content (AvgIpc) is 3.04. The predicted octanol–water partition coefficient (Wildman–Crippen LogP) is 4.30. The van der Waals surface area contributed by atoms with Crippen LogP contribution in [0.1, 0.15) is 13.8 Å². The first-order valence-electron chi connectivity index (χ1n) is 7.32. The van der Waals surface area contributed by atoms with Crippen molar-refractivity contribution in [1.29, 1.82) is 0 Å². The third-order valence-electron chi connectivity index (χ3n) is 3.96. The SMILES string of the molecule is CC(C)([C]1[CH][CH][CH][CH]1)P(c1ccccc1)c1ccccc1. The Morgan fingerprint density at radius 2 is 1.10 bits per heavy atom. The lowest BCUT2D eigenvalue weighted by atomic mass is 9.93. The second-order valence-corrected chi connectivity index (χ2v) is 8.56.